The molecule has 0 amide bonds. The average molecular weight is 293 g/mol. The Morgan fingerprint density at radius 1 is 1.56 bits per heavy atom. The van der Waals surface area contributed by atoms with E-state index in [4.69, 9.17) is 10.6 Å². The summed E-state index contributed by atoms with van der Waals surface area (Å²) >= 11 is 3.12. The van der Waals surface area contributed by atoms with Gasteiger partial charge < -0.3 is 9.57 Å². The first-order chi connectivity index (χ1) is 7.63. The number of rotatable bonds is 5. The number of nitrogens with two attached hydrogens (primary N) is 1. The highest BCUT2D eigenvalue weighted by Gasteiger charge is 2.06. The zero-order chi connectivity index (χ0) is 12.0. The normalized spacial score (nSPS) is 9.94. The molecular weight excluding hydrogens is 283 g/mol. The molecule has 16 heavy (non-hydrogen) atoms. The summed E-state index contributed by atoms with van der Waals surface area (Å²) < 4.78 is 18.9. The van der Waals surface area contributed by atoms with Crippen LogP contribution in [0.2, 0.25) is 0 Å². The lowest BCUT2D eigenvalue weighted by molar-refractivity contribution is -0.151. The summed E-state index contributed by atoms with van der Waals surface area (Å²) in [4.78, 5) is 15.1. The number of ether oxygens (including phenoxy) is 1. The molecule has 0 atom stereocenters. The molecule has 1 aromatic carbocycles. The van der Waals surface area contributed by atoms with Gasteiger partial charge in [0, 0.05) is 4.47 Å². The predicted molar refractivity (Wildman–Crippen MR) is 57.6 cm³/mol. The van der Waals surface area contributed by atoms with Crippen molar-refractivity contribution in [2.24, 2.45) is 5.84 Å². The molecule has 0 aromatic heterocycles. The van der Waals surface area contributed by atoms with E-state index in [-0.39, 0.29) is 18.8 Å². The van der Waals surface area contributed by atoms with Crippen molar-refractivity contribution in [3.8, 4) is 5.75 Å². The Bertz CT molecular complexity index is 376. The van der Waals surface area contributed by atoms with Gasteiger partial charge in [0.15, 0.2) is 11.6 Å². The number of hydrogen-bond donors (Lipinski definition) is 2. The van der Waals surface area contributed by atoms with E-state index in [2.05, 4.69) is 20.8 Å². The fraction of sp³-hybridized carbons (Fsp3) is 0.222. The van der Waals surface area contributed by atoms with Crippen molar-refractivity contribution in [2.75, 3.05) is 6.61 Å². The monoisotopic (exact) mass is 292 g/mol. The van der Waals surface area contributed by atoms with Crippen LogP contribution < -0.4 is 16.2 Å². The molecule has 0 spiro atoms. The second kappa shape index (κ2) is 6.41. The van der Waals surface area contributed by atoms with E-state index in [1.807, 2.05) is 0 Å². The van der Waals surface area contributed by atoms with Crippen LogP contribution >= 0.6 is 15.9 Å². The van der Waals surface area contributed by atoms with E-state index in [1.54, 1.807) is 11.7 Å². The van der Waals surface area contributed by atoms with E-state index in [9.17, 15) is 9.18 Å². The van der Waals surface area contributed by atoms with Gasteiger partial charge in [0.2, 0.25) is 0 Å². The zero-order valence-corrected chi connectivity index (χ0v) is 9.79. The molecule has 88 valence electrons. The van der Waals surface area contributed by atoms with Crippen LogP contribution in [0.3, 0.4) is 0 Å². The van der Waals surface area contributed by atoms with Crippen molar-refractivity contribution in [3.63, 3.8) is 0 Å². The standard InChI is InChI=1S/C9H10BrFN2O3/c10-6-1-2-8(7(11)5-6)15-4-3-9(14)16-13-12/h1-2,5,13H,3-4,12H2. The molecule has 0 bridgehead atoms. The molecule has 0 unspecified atom stereocenters. The van der Waals surface area contributed by atoms with Gasteiger partial charge in [-0.25, -0.2) is 10.2 Å². The maximum atomic E-state index is 13.2. The van der Waals surface area contributed by atoms with Crippen LogP contribution in [-0.4, -0.2) is 12.6 Å². The largest absolute Gasteiger partial charge is 0.490 e. The van der Waals surface area contributed by atoms with E-state index in [1.165, 1.54) is 12.1 Å². The van der Waals surface area contributed by atoms with Crippen molar-refractivity contribution >= 4 is 21.9 Å². The number of carbonyl (C=O) groups is 1. The lowest BCUT2D eigenvalue weighted by atomic mass is 10.3. The molecule has 0 saturated carbocycles. The number of hydrogen-bond acceptors (Lipinski definition) is 5. The van der Waals surface area contributed by atoms with Crippen LogP contribution in [0.4, 0.5) is 4.39 Å². The summed E-state index contributed by atoms with van der Waals surface area (Å²) in [5.74, 6) is 3.75. The molecule has 7 heteroatoms. The minimum atomic E-state index is -0.583. The van der Waals surface area contributed by atoms with Gasteiger partial charge in [0.25, 0.3) is 0 Å². The molecule has 0 aliphatic rings. The summed E-state index contributed by atoms with van der Waals surface area (Å²) in [6.45, 7) is 0.0130. The van der Waals surface area contributed by atoms with Crippen molar-refractivity contribution in [2.45, 2.75) is 6.42 Å². The minimum Gasteiger partial charge on any atom is -0.490 e. The Balaban J connectivity index is 2.40. The molecule has 1 aromatic rings. The highest BCUT2D eigenvalue weighted by molar-refractivity contribution is 9.10. The highest BCUT2D eigenvalue weighted by Crippen LogP contribution is 2.21. The molecule has 0 radical (unpaired) electrons. The van der Waals surface area contributed by atoms with Crippen LogP contribution in [0.5, 0.6) is 5.75 Å². The maximum Gasteiger partial charge on any atom is 0.329 e. The Kier molecular flexibility index (Phi) is 5.17. The highest BCUT2D eigenvalue weighted by atomic mass is 79.9. The van der Waals surface area contributed by atoms with Gasteiger partial charge in [-0.1, -0.05) is 21.5 Å². The quantitative estimate of drug-likeness (QED) is 0.632. The molecular formula is C9H10BrFN2O3. The number of benzene rings is 1. The van der Waals surface area contributed by atoms with Gasteiger partial charge in [-0.05, 0) is 18.2 Å². The zero-order valence-electron chi connectivity index (χ0n) is 8.20. The minimum absolute atomic E-state index is 0.0130. The van der Waals surface area contributed by atoms with Gasteiger partial charge in [-0.15, -0.1) is 0 Å². The number of carbonyl (C=O) groups excluding carboxylic acids is 1. The van der Waals surface area contributed by atoms with E-state index < -0.39 is 11.8 Å². The van der Waals surface area contributed by atoms with Gasteiger partial charge in [-0.3, -0.25) is 4.79 Å². The summed E-state index contributed by atoms with van der Waals surface area (Å²) in [5.41, 5.74) is 1.75. The maximum absolute atomic E-state index is 13.2. The van der Waals surface area contributed by atoms with Crippen LogP contribution in [0.15, 0.2) is 22.7 Å². The Hall–Kier alpha value is -1.18. The third-order valence-electron chi connectivity index (χ3n) is 1.63. The predicted octanol–water partition coefficient (Wildman–Crippen LogP) is 1.28. The molecule has 1 rings (SSSR count). The second-order valence-corrected chi connectivity index (χ2v) is 3.68. The molecule has 0 saturated heterocycles. The summed E-state index contributed by atoms with van der Waals surface area (Å²) in [6, 6.07) is 4.37. The smallest absolute Gasteiger partial charge is 0.329 e. The molecule has 0 aliphatic carbocycles. The number of halogens is 2. The lowest BCUT2D eigenvalue weighted by Gasteiger charge is -2.06. The Labute approximate surface area is 99.8 Å². The number of nitrogens with one attached hydrogen (secondary N) is 1. The first-order valence-electron chi connectivity index (χ1n) is 4.36. The van der Waals surface area contributed by atoms with Gasteiger partial charge >= 0.3 is 5.97 Å². The first kappa shape index (κ1) is 12.9. The Morgan fingerprint density at radius 2 is 2.31 bits per heavy atom. The van der Waals surface area contributed by atoms with Crippen LogP contribution in [0.25, 0.3) is 0 Å². The van der Waals surface area contributed by atoms with E-state index in [0.29, 0.717) is 4.47 Å². The van der Waals surface area contributed by atoms with Crippen molar-refractivity contribution in [1.29, 1.82) is 0 Å². The summed E-state index contributed by atoms with van der Waals surface area (Å²) in [6.07, 6.45) is -0.0281. The molecule has 3 N–H and O–H groups in total. The molecule has 0 heterocycles. The van der Waals surface area contributed by atoms with Gasteiger partial charge in [0.1, 0.15) is 0 Å². The molecule has 0 aliphatic heterocycles. The van der Waals surface area contributed by atoms with Crippen molar-refractivity contribution in [1.82, 2.24) is 5.59 Å². The summed E-state index contributed by atoms with van der Waals surface area (Å²) in [7, 11) is 0. The lowest BCUT2D eigenvalue weighted by Crippen LogP contribution is -2.27. The van der Waals surface area contributed by atoms with Gasteiger partial charge in [-0.2, -0.15) is 0 Å². The van der Waals surface area contributed by atoms with Crippen LogP contribution in [0, 0.1) is 5.82 Å². The van der Waals surface area contributed by atoms with E-state index >= 15 is 0 Å². The summed E-state index contributed by atoms with van der Waals surface area (Å²) in [5, 5.41) is 0. The van der Waals surface area contributed by atoms with Crippen molar-refractivity contribution in [3.05, 3.63) is 28.5 Å². The SMILES string of the molecule is NNOC(=O)CCOc1ccc(Br)cc1F. The van der Waals surface area contributed by atoms with Crippen LogP contribution in [-0.2, 0) is 9.63 Å². The van der Waals surface area contributed by atoms with Gasteiger partial charge in [0.05, 0.1) is 13.0 Å². The average Bonchev–Trinajstić information content (AvgIpc) is 2.22. The fourth-order valence-corrected chi connectivity index (χ4v) is 1.29. The number of hydrazine groups is 1. The first-order valence-corrected chi connectivity index (χ1v) is 5.16. The van der Waals surface area contributed by atoms with E-state index in [0.717, 1.165) is 0 Å². The molecule has 0 fully saturated rings. The third-order valence-corrected chi connectivity index (χ3v) is 2.12. The Morgan fingerprint density at radius 3 is 2.94 bits per heavy atom. The van der Waals surface area contributed by atoms with Crippen LogP contribution in [0.1, 0.15) is 6.42 Å². The second-order valence-electron chi connectivity index (χ2n) is 2.77. The molecule has 5 nitrogen and oxygen atoms in total. The van der Waals surface area contributed by atoms with Crippen molar-refractivity contribution < 1.29 is 18.8 Å². The third kappa shape index (κ3) is 4.13. The fourth-order valence-electron chi connectivity index (χ4n) is 0.953. The topological polar surface area (TPSA) is 73.6 Å².